The molecule has 0 saturated carbocycles. The third-order valence-corrected chi connectivity index (χ3v) is 2.55. The van der Waals surface area contributed by atoms with Crippen LogP contribution in [0.4, 0.5) is 0 Å². The van der Waals surface area contributed by atoms with E-state index in [2.05, 4.69) is 0 Å². The van der Waals surface area contributed by atoms with Crippen LogP contribution in [0.3, 0.4) is 0 Å². The van der Waals surface area contributed by atoms with E-state index in [0.29, 0.717) is 5.56 Å². The number of hydrogen-bond donors (Lipinski definition) is 0. The van der Waals surface area contributed by atoms with Gasteiger partial charge in [-0.1, -0.05) is 30.3 Å². The second kappa shape index (κ2) is 6.56. The summed E-state index contributed by atoms with van der Waals surface area (Å²) in [4.78, 5) is 23.8. The van der Waals surface area contributed by atoms with Crippen molar-refractivity contribution < 1.29 is 23.5 Å². The van der Waals surface area contributed by atoms with Crippen LogP contribution in [0.15, 0.2) is 53.1 Å². The molecule has 1 unspecified atom stereocenters. The van der Waals surface area contributed by atoms with Crippen LogP contribution in [0.25, 0.3) is 0 Å². The lowest BCUT2D eigenvalue weighted by Gasteiger charge is -2.16. The number of furan rings is 1. The van der Waals surface area contributed by atoms with E-state index in [4.69, 9.17) is 13.9 Å². The van der Waals surface area contributed by atoms with E-state index >= 15 is 0 Å². The second-order valence-electron chi connectivity index (χ2n) is 3.93. The Kier molecular flexibility index (Phi) is 4.55. The quantitative estimate of drug-likeness (QED) is 0.784. The van der Waals surface area contributed by atoms with Crippen molar-refractivity contribution >= 4 is 11.9 Å². The predicted octanol–water partition coefficient (Wildman–Crippen LogP) is 2.74. The first-order chi connectivity index (χ1) is 9.72. The Morgan fingerprint density at radius 2 is 1.90 bits per heavy atom. The van der Waals surface area contributed by atoms with Gasteiger partial charge in [0.2, 0.25) is 11.9 Å². The van der Waals surface area contributed by atoms with Crippen LogP contribution < -0.4 is 0 Å². The van der Waals surface area contributed by atoms with Gasteiger partial charge < -0.3 is 13.9 Å². The summed E-state index contributed by atoms with van der Waals surface area (Å²) in [5.74, 6) is -1.29. The minimum Gasteiger partial charge on any atom is -0.463 e. The zero-order chi connectivity index (χ0) is 14.4. The van der Waals surface area contributed by atoms with Crippen molar-refractivity contribution in [1.82, 2.24) is 0 Å². The van der Waals surface area contributed by atoms with Gasteiger partial charge in [0, 0.05) is 5.56 Å². The Balaban J connectivity index is 2.19. The lowest BCUT2D eigenvalue weighted by Crippen LogP contribution is -2.22. The van der Waals surface area contributed by atoms with Crippen LogP contribution in [0.5, 0.6) is 0 Å². The maximum atomic E-state index is 11.9. The summed E-state index contributed by atoms with van der Waals surface area (Å²) in [6, 6.07) is 11.7. The van der Waals surface area contributed by atoms with Crippen molar-refractivity contribution in [2.24, 2.45) is 0 Å². The number of carbonyl (C=O) groups is 2. The summed E-state index contributed by atoms with van der Waals surface area (Å²) < 4.78 is 15.1. The summed E-state index contributed by atoms with van der Waals surface area (Å²) >= 11 is 0. The van der Waals surface area contributed by atoms with E-state index in [1.807, 2.05) is 0 Å². The first-order valence-electron chi connectivity index (χ1n) is 6.18. The van der Waals surface area contributed by atoms with Gasteiger partial charge in [-0.05, 0) is 19.1 Å². The zero-order valence-electron chi connectivity index (χ0n) is 10.9. The van der Waals surface area contributed by atoms with E-state index in [1.54, 1.807) is 43.3 Å². The van der Waals surface area contributed by atoms with Crippen molar-refractivity contribution in [3.8, 4) is 0 Å². The van der Waals surface area contributed by atoms with Crippen LogP contribution in [-0.2, 0) is 14.3 Å². The Labute approximate surface area is 116 Å². The number of carbonyl (C=O) groups excluding carboxylic acids is 2. The molecular formula is C15H14O5. The standard InChI is InChI=1S/C15H14O5/c1-2-18-15(17)13(11-7-4-3-5-8-11)20-14(16)12-9-6-10-19-12/h3-10,13H,2H2,1H3. The summed E-state index contributed by atoms with van der Waals surface area (Å²) in [5, 5.41) is 0. The molecule has 0 aliphatic carbocycles. The number of ether oxygens (including phenoxy) is 2. The first-order valence-corrected chi connectivity index (χ1v) is 6.18. The van der Waals surface area contributed by atoms with Crippen molar-refractivity contribution in [2.45, 2.75) is 13.0 Å². The average Bonchev–Trinajstić information content (AvgIpc) is 3.00. The van der Waals surface area contributed by atoms with Crippen LogP contribution in [0.2, 0.25) is 0 Å². The van der Waals surface area contributed by atoms with E-state index in [-0.39, 0.29) is 12.4 Å². The molecule has 0 amide bonds. The summed E-state index contributed by atoms with van der Waals surface area (Å²) in [6.45, 7) is 1.90. The summed E-state index contributed by atoms with van der Waals surface area (Å²) in [7, 11) is 0. The summed E-state index contributed by atoms with van der Waals surface area (Å²) in [6.07, 6.45) is 0.257. The van der Waals surface area contributed by atoms with Crippen LogP contribution in [-0.4, -0.2) is 18.5 Å². The fourth-order valence-electron chi connectivity index (χ4n) is 1.66. The van der Waals surface area contributed by atoms with E-state index in [0.717, 1.165) is 0 Å². The van der Waals surface area contributed by atoms with Gasteiger partial charge in [-0.25, -0.2) is 9.59 Å². The van der Waals surface area contributed by atoms with Crippen molar-refractivity contribution in [2.75, 3.05) is 6.61 Å². The van der Waals surface area contributed by atoms with Crippen LogP contribution in [0.1, 0.15) is 29.1 Å². The molecule has 104 valence electrons. The smallest absolute Gasteiger partial charge is 0.375 e. The van der Waals surface area contributed by atoms with Crippen LogP contribution >= 0.6 is 0 Å². The number of rotatable bonds is 5. The van der Waals surface area contributed by atoms with Gasteiger partial charge in [-0.2, -0.15) is 0 Å². The lowest BCUT2D eigenvalue weighted by molar-refractivity contribution is -0.154. The van der Waals surface area contributed by atoms with Gasteiger partial charge in [-0.3, -0.25) is 0 Å². The van der Waals surface area contributed by atoms with Gasteiger partial charge in [0.05, 0.1) is 12.9 Å². The van der Waals surface area contributed by atoms with Gasteiger partial charge >= 0.3 is 11.9 Å². The van der Waals surface area contributed by atoms with Gasteiger partial charge in [0.25, 0.3) is 0 Å². The molecule has 0 radical (unpaired) electrons. The SMILES string of the molecule is CCOC(=O)C(OC(=O)c1ccco1)c1ccccc1. The lowest BCUT2D eigenvalue weighted by atomic mass is 10.1. The largest absolute Gasteiger partial charge is 0.463 e. The van der Waals surface area contributed by atoms with E-state index in [1.165, 1.54) is 12.3 Å². The molecule has 20 heavy (non-hydrogen) atoms. The second-order valence-corrected chi connectivity index (χ2v) is 3.93. The van der Waals surface area contributed by atoms with E-state index in [9.17, 15) is 9.59 Å². The molecule has 1 aromatic heterocycles. The van der Waals surface area contributed by atoms with Crippen molar-refractivity contribution in [3.05, 3.63) is 60.1 Å². The number of benzene rings is 1. The molecule has 5 nitrogen and oxygen atoms in total. The molecule has 0 saturated heterocycles. The van der Waals surface area contributed by atoms with Gasteiger partial charge in [0.1, 0.15) is 0 Å². The normalized spacial score (nSPS) is 11.7. The minimum absolute atomic E-state index is 0.0372. The molecule has 5 heteroatoms. The maximum Gasteiger partial charge on any atom is 0.375 e. The minimum atomic E-state index is -1.10. The molecule has 1 aromatic carbocycles. The first kappa shape index (κ1) is 13.9. The monoisotopic (exact) mass is 274 g/mol. The topological polar surface area (TPSA) is 65.7 Å². The highest BCUT2D eigenvalue weighted by atomic mass is 16.6. The van der Waals surface area contributed by atoms with Gasteiger partial charge in [-0.15, -0.1) is 0 Å². The molecule has 1 atom stereocenters. The van der Waals surface area contributed by atoms with E-state index < -0.39 is 18.0 Å². The Morgan fingerprint density at radius 1 is 1.15 bits per heavy atom. The summed E-state index contributed by atoms with van der Waals surface area (Å²) in [5.41, 5.74) is 0.547. The highest BCUT2D eigenvalue weighted by Gasteiger charge is 2.27. The molecule has 0 aliphatic heterocycles. The van der Waals surface area contributed by atoms with Crippen LogP contribution in [0, 0.1) is 0 Å². The highest BCUT2D eigenvalue weighted by molar-refractivity contribution is 5.89. The van der Waals surface area contributed by atoms with Crippen molar-refractivity contribution in [1.29, 1.82) is 0 Å². The fourth-order valence-corrected chi connectivity index (χ4v) is 1.66. The molecule has 2 aromatic rings. The number of hydrogen-bond acceptors (Lipinski definition) is 5. The zero-order valence-corrected chi connectivity index (χ0v) is 10.9. The van der Waals surface area contributed by atoms with Crippen molar-refractivity contribution in [3.63, 3.8) is 0 Å². The Morgan fingerprint density at radius 3 is 2.50 bits per heavy atom. The van der Waals surface area contributed by atoms with Gasteiger partial charge in [0.15, 0.2) is 0 Å². The Hall–Kier alpha value is -2.56. The molecule has 0 bridgehead atoms. The predicted molar refractivity (Wildman–Crippen MR) is 69.9 cm³/mol. The molecule has 0 fully saturated rings. The third-order valence-electron chi connectivity index (χ3n) is 2.55. The fraction of sp³-hybridized carbons (Fsp3) is 0.200. The average molecular weight is 274 g/mol. The molecule has 1 heterocycles. The Bertz CT molecular complexity index is 559. The molecule has 2 rings (SSSR count). The molecular weight excluding hydrogens is 260 g/mol. The molecule has 0 N–H and O–H groups in total. The molecule has 0 spiro atoms. The number of esters is 2. The third kappa shape index (κ3) is 3.26. The maximum absolute atomic E-state index is 11.9. The molecule has 0 aliphatic rings. The highest BCUT2D eigenvalue weighted by Crippen LogP contribution is 2.21.